The SMILES string of the molecule is NS(=O)(=O)c1ccc(NC(=O)NC2CCN(c3nc(NCC(c4ccc(O)cc4)c4ccc(O)cc4)c4ncn([C@@H]5C[C@H](n6ncc(CO)n6)[C@@H](O)[C@H]5O)c4n3)C2)cc1. The first-order valence-electron chi connectivity index (χ1n) is 18.7. The summed E-state index contributed by atoms with van der Waals surface area (Å²) in [7, 11) is -3.89. The number of aromatic hydroxyl groups is 2. The van der Waals surface area contributed by atoms with Gasteiger partial charge in [0.1, 0.15) is 35.4 Å². The number of amides is 2. The highest BCUT2D eigenvalue weighted by atomic mass is 32.2. The number of anilines is 3. The lowest BCUT2D eigenvalue weighted by atomic mass is 9.91. The van der Waals surface area contributed by atoms with E-state index in [1.165, 1.54) is 35.3 Å². The van der Waals surface area contributed by atoms with Crippen molar-refractivity contribution in [3.8, 4) is 11.5 Å². The Morgan fingerprint density at radius 1 is 0.915 bits per heavy atom. The second kappa shape index (κ2) is 16.1. The molecule has 2 fully saturated rings. The molecule has 5 atom stereocenters. The Balaban J connectivity index is 1.08. The molecule has 2 amide bonds. The van der Waals surface area contributed by atoms with Gasteiger partial charge in [-0.05, 0) is 72.5 Å². The minimum Gasteiger partial charge on any atom is -0.508 e. The van der Waals surface area contributed by atoms with Crippen LogP contribution in [-0.4, -0.2) is 112 Å². The van der Waals surface area contributed by atoms with Crippen molar-refractivity contribution in [2.24, 2.45) is 5.14 Å². The van der Waals surface area contributed by atoms with Crippen molar-refractivity contribution in [3.05, 3.63) is 102 Å². The first-order chi connectivity index (χ1) is 28.3. The Kier molecular flexibility index (Phi) is 10.8. The zero-order chi connectivity index (χ0) is 41.4. The number of nitrogens with one attached hydrogen (secondary N) is 3. The average molecular weight is 827 g/mol. The van der Waals surface area contributed by atoms with Gasteiger partial charge < -0.3 is 51.0 Å². The van der Waals surface area contributed by atoms with Gasteiger partial charge in [0.2, 0.25) is 16.0 Å². The normalized spacial score (nSPS) is 20.7. The largest absolute Gasteiger partial charge is 0.508 e. The second-order valence-corrected chi connectivity index (χ2v) is 16.1. The number of rotatable bonds is 12. The van der Waals surface area contributed by atoms with E-state index in [1.807, 2.05) is 29.2 Å². The van der Waals surface area contributed by atoms with Crippen molar-refractivity contribution in [2.45, 2.75) is 60.6 Å². The van der Waals surface area contributed by atoms with Gasteiger partial charge in [-0.3, -0.25) is 0 Å². The molecule has 6 aromatic rings. The third-order valence-electron chi connectivity index (χ3n) is 10.7. The summed E-state index contributed by atoms with van der Waals surface area (Å²) in [5, 5.41) is 74.8. The molecule has 2 aliphatic rings. The van der Waals surface area contributed by atoms with Crippen molar-refractivity contribution in [3.63, 3.8) is 0 Å². The van der Waals surface area contributed by atoms with Gasteiger partial charge in [0.15, 0.2) is 17.0 Å². The molecule has 0 radical (unpaired) electrons. The summed E-state index contributed by atoms with van der Waals surface area (Å²) in [6, 6.07) is 17.0. The van der Waals surface area contributed by atoms with Crippen LogP contribution in [0.5, 0.6) is 11.5 Å². The number of carbonyl (C=O) groups is 1. The third-order valence-corrected chi connectivity index (χ3v) is 11.6. The monoisotopic (exact) mass is 826 g/mol. The maximum atomic E-state index is 13.0. The van der Waals surface area contributed by atoms with E-state index in [2.05, 4.69) is 31.1 Å². The van der Waals surface area contributed by atoms with Crippen molar-refractivity contribution in [1.82, 2.24) is 39.8 Å². The van der Waals surface area contributed by atoms with Gasteiger partial charge in [-0.1, -0.05) is 24.3 Å². The zero-order valence-electron chi connectivity index (χ0n) is 31.3. The molecule has 3 aromatic heterocycles. The van der Waals surface area contributed by atoms with Gasteiger partial charge in [0.05, 0.1) is 30.1 Å². The summed E-state index contributed by atoms with van der Waals surface area (Å²) >= 11 is 0. The number of benzene rings is 3. The number of phenols is 2. The van der Waals surface area contributed by atoms with E-state index in [0.29, 0.717) is 60.4 Å². The predicted molar refractivity (Wildman–Crippen MR) is 213 cm³/mol. The molecule has 59 heavy (non-hydrogen) atoms. The number of primary sulfonamides is 1. The van der Waals surface area contributed by atoms with Gasteiger partial charge >= 0.3 is 6.03 Å². The number of hydrogen-bond acceptors (Lipinski definition) is 15. The zero-order valence-corrected chi connectivity index (χ0v) is 32.1. The summed E-state index contributed by atoms with van der Waals surface area (Å²) in [6.45, 7) is 0.792. The number of aliphatic hydroxyl groups excluding tert-OH is 3. The van der Waals surface area contributed by atoms with E-state index in [0.717, 1.165) is 11.1 Å². The summed E-state index contributed by atoms with van der Waals surface area (Å²) in [6.07, 6.45) is 1.21. The highest BCUT2D eigenvalue weighted by Gasteiger charge is 2.45. The molecule has 0 spiro atoms. The molecular formula is C38H42N12O8S. The number of nitrogens with two attached hydrogens (primary N) is 1. The minimum atomic E-state index is -3.89. The van der Waals surface area contributed by atoms with E-state index in [1.54, 1.807) is 35.2 Å². The average Bonchev–Trinajstić information content (AvgIpc) is 4.03. The van der Waals surface area contributed by atoms with Crippen LogP contribution in [0.15, 0.2) is 90.2 Å². The van der Waals surface area contributed by atoms with Gasteiger partial charge in [0, 0.05) is 37.3 Å². The number of phenolic OH excluding ortho intramolecular Hbond substituents is 2. The molecule has 1 aliphatic carbocycles. The topological polar surface area (TPSA) is 292 Å². The molecule has 1 aliphatic heterocycles. The molecule has 21 heteroatoms. The fraction of sp³-hybridized carbons (Fsp3) is 0.316. The van der Waals surface area contributed by atoms with E-state index >= 15 is 0 Å². The lowest BCUT2D eigenvalue weighted by molar-refractivity contribution is 0.00491. The lowest BCUT2D eigenvalue weighted by Gasteiger charge is -2.22. The molecule has 1 unspecified atom stereocenters. The van der Waals surface area contributed by atoms with Crippen LogP contribution in [0.3, 0.4) is 0 Å². The second-order valence-electron chi connectivity index (χ2n) is 14.6. The molecule has 4 heterocycles. The molecule has 8 rings (SSSR count). The number of aromatic nitrogens is 7. The Hall–Kier alpha value is -6.39. The van der Waals surface area contributed by atoms with Crippen LogP contribution in [0.4, 0.5) is 22.2 Å². The predicted octanol–water partition coefficient (Wildman–Crippen LogP) is 1.52. The summed E-state index contributed by atoms with van der Waals surface area (Å²) in [4.78, 5) is 30.7. The van der Waals surface area contributed by atoms with Gasteiger partial charge in [0.25, 0.3) is 0 Å². The van der Waals surface area contributed by atoms with E-state index < -0.39 is 40.3 Å². The summed E-state index contributed by atoms with van der Waals surface area (Å²) < 4.78 is 24.9. The molecule has 10 N–H and O–H groups in total. The summed E-state index contributed by atoms with van der Waals surface area (Å²) in [5.41, 5.74) is 3.24. The smallest absolute Gasteiger partial charge is 0.319 e. The number of fused-ring (bicyclic) bond motifs is 1. The summed E-state index contributed by atoms with van der Waals surface area (Å²) in [5.74, 6) is 0.676. The molecule has 0 bridgehead atoms. The number of hydrogen-bond donors (Lipinski definition) is 9. The maximum Gasteiger partial charge on any atom is 0.319 e. The Morgan fingerprint density at radius 3 is 2.20 bits per heavy atom. The van der Waals surface area contributed by atoms with Crippen molar-refractivity contribution < 1.29 is 38.7 Å². The maximum absolute atomic E-state index is 13.0. The fourth-order valence-electron chi connectivity index (χ4n) is 7.62. The fourth-order valence-corrected chi connectivity index (χ4v) is 8.14. The number of imidazole rings is 1. The number of carbonyl (C=O) groups excluding carboxylic acids is 1. The molecule has 308 valence electrons. The molecule has 1 saturated carbocycles. The van der Waals surface area contributed by atoms with E-state index in [9.17, 15) is 38.7 Å². The number of nitrogens with zero attached hydrogens (tertiary/aromatic N) is 8. The van der Waals surface area contributed by atoms with E-state index in [4.69, 9.17) is 15.1 Å². The standard InChI is InChI=1S/C38H42N12O8S/c39-59(57,58)28-11-5-23(6-12-28)43-38(56)44-24-13-14-48(18-24)37-45-35(40-17-29(21-1-7-26(52)8-2-21)22-3-9-27(53)10-4-22)32-36(46-37)49(20-41-32)30-15-31(34(55)33(30)54)50-42-16-25(19-51)47-50/h1-12,16,20,24,29-31,33-34,51-55H,13-15,17-19H2,(H2,39,57,58)(H,40,45,46)(H2,43,44,56)/t24?,30-,31+,33+,34-/m1/s1. The lowest BCUT2D eigenvalue weighted by Crippen LogP contribution is -2.40. The first-order valence-corrected chi connectivity index (χ1v) is 20.3. The molecule has 3 aromatic carbocycles. The van der Waals surface area contributed by atoms with Crippen molar-refractivity contribution in [2.75, 3.05) is 35.2 Å². The van der Waals surface area contributed by atoms with Crippen molar-refractivity contribution in [1.29, 1.82) is 0 Å². The van der Waals surface area contributed by atoms with E-state index in [-0.39, 0.29) is 41.4 Å². The Bertz CT molecular complexity index is 2510. The van der Waals surface area contributed by atoms with Crippen molar-refractivity contribution >= 4 is 44.7 Å². The molecular weight excluding hydrogens is 785 g/mol. The highest BCUT2D eigenvalue weighted by molar-refractivity contribution is 7.89. The van der Waals surface area contributed by atoms with Crippen LogP contribution in [0, 0.1) is 0 Å². The number of sulfonamides is 1. The Labute approximate surface area is 337 Å². The minimum absolute atomic E-state index is 0.0803. The van der Waals surface area contributed by atoms with Crippen LogP contribution in [-0.2, 0) is 16.6 Å². The Morgan fingerprint density at radius 2 is 1.58 bits per heavy atom. The molecule has 20 nitrogen and oxygen atoms in total. The quantitative estimate of drug-likeness (QED) is 0.0846. The molecule has 1 saturated heterocycles. The first kappa shape index (κ1) is 39.4. The third kappa shape index (κ3) is 8.31. The van der Waals surface area contributed by atoms with Crippen LogP contribution in [0.2, 0.25) is 0 Å². The van der Waals surface area contributed by atoms with Gasteiger partial charge in [-0.15, -0.1) is 0 Å². The number of urea groups is 1. The number of aliphatic hydroxyl groups is 3. The van der Waals surface area contributed by atoms with Gasteiger partial charge in [-0.25, -0.2) is 23.3 Å². The van der Waals surface area contributed by atoms with Crippen LogP contribution in [0.25, 0.3) is 11.2 Å². The van der Waals surface area contributed by atoms with Crippen LogP contribution < -0.4 is 26.0 Å². The van der Waals surface area contributed by atoms with Crippen LogP contribution >= 0.6 is 0 Å². The van der Waals surface area contributed by atoms with Crippen LogP contribution in [0.1, 0.15) is 47.7 Å². The highest BCUT2D eigenvalue weighted by Crippen LogP contribution is 2.40. The van der Waals surface area contributed by atoms with Gasteiger partial charge in [-0.2, -0.15) is 25.0 Å².